The molecule has 2 aromatic carbocycles. The molecule has 1 N–H and O–H groups in total. The molecule has 0 spiro atoms. The third-order valence-electron chi connectivity index (χ3n) is 3.33. The zero-order chi connectivity index (χ0) is 17.7. The van der Waals surface area contributed by atoms with Gasteiger partial charge in [-0.2, -0.15) is 0 Å². The Bertz CT molecular complexity index is 787. The van der Waals surface area contributed by atoms with Crippen molar-refractivity contribution in [2.24, 2.45) is 0 Å². The Morgan fingerprint density at radius 3 is 2.17 bits per heavy atom. The summed E-state index contributed by atoms with van der Waals surface area (Å²) >= 11 is 0. The minimum Gasteiger partial charge on any atom is -0.481 e. The quantitative estimate of drug-likeness (QED) is 0.869. The molecule has 1 amide bonds. The molecule has 0 saturated carbocycles. The highest BCUT2D eigenvalue weighted by molar-refractivity contribution is 7.89. The van der Waals surface area contributed by atoms with Gasteiger partial charge in [-0.05, 0) is 43.3 Å². The smallest absolute Gasteiger partial charge is 0.265 e. The molecule has 128 valence electrons. The van der Waals surface area contributed by atoms with Gasteiger partial charge in [-0.3, -0.25) is 4.79 Å². The van der Waals surface area contributed by atoms with Crippen molar-refractivity contribution in [3.05, 3.63) is 54.6 Å². The Balaban J connectivity index is 2.02. The molecule has 1 atom stereocenters. The molecule has 7 heteroatoms. The van der Waals surface area contributed by atoms with Crippen LogP contribution in [0.1, 0.15) is 6.92 Å². The summed E-state index contributed by atoms with van der Waals surface area (Å²) in [7, 11) is -0.551. The van der Waals surface area contributed by atoms with Crippen LogP contribution in [0.2, 0.25) is 0 Å². The first kappa shape index (κ1) is 18.0. The second-order valence-corrected chi connectivity index (χ2v) is 7.53. The summed E-state index contributed by atoms with van der Waals surface area (Å²) in [6, 6.07) is 15.0. The number of amides is 1. The third kappa shape index (κ3) is 4.33. The van der Waals surface area contributed by atoms with Crippen LogP contribution in [0.15, 0.2) is 59.5 Å². The van der Waals surface area contributed by atoms with Gasteiger partial charge >= 0.3 is 0 Å². The Morgan fingerprint density at radius 2 is 1.62 bits per heavy atom. The van der Waals surface area contributed by atoms with Gasteiger partial charge in [-0.25, -0.2) is 12.7 Å². The van der Waals surface area contributed by atoms with Gasteiger partial charge in [0.2, 0.25) is 10.0 Å². The molecule has 0 radical (unpaired) electrons. The fourth-order valence-corrected chi connectivity index (χ4v) is 2.82. The van der Waals surface area contributed by atoms with Gasteiger partial charge < -0.3 is 10.1 Å². The number of sulfonamides is 1. The van der Waals surface area contributed by atoms with Gasteiger partial charge in [-0.1, -0.05) is 18.2 Å². The maximum atomic E-state index is 12.1. The topological polar surface area (TPSA) is 75.7 Å². The van der Waals surface area contributed by atoms with E-state index in [2.05, 4.69) is 5.32 Å². The maximum absolute atomic E-state index is 12.1. The average Bonchev–Trinajstić information content (AvgIpc) is 2.56. The predicted octanol–water partition coefficient (Wildman–Crippen LogP) is 2.34. The molecule has 2 aromatic rings. The van der Waals surface area contributed by atoms with Gasteiger partial charge in [-0.15, -0.1) is 0 Å². The Morgan fingerprint density at radius 1 is 1.04 bits per heavy atom. The van der Waals surface area contributed by atoms with E-state index in [4.69, 9.17) is 4.74 Å². The number of nitrogens with zero attached hydrogens (tertiary/aromatic N) is 1. The summed E-state index contributed by atoms with van der Waals surface area (Å²) in [4.78, 5) is 12.3. The predicted molar refractivity (Wildman–Crippen MR) is 92.5 cm³/mol. The molecule has 0 bridgehead atoms. The van der Waals surface area contributed by atoms with Crippen LogP contribution in [-0.4, -0.2) is 38.8 Å². The number of para-hydroxylation sites is 1. The molecule has 0 fully saturated rings. The summed E-state index contributed by atoms with van der Waals surface area (Å²) in [6.07, 6.45) is -0.683. The molecule has 24 heavy (non-hydrogen) atoms. The van der Waals surface area contributed by atoms with Crippen molar-refractivity contribution in [1.82, 2.24) is 4.31 Å². The van der Waals surface area contributed by atoms with E-state index in [0.29, 0.717) is 11.4 Å². The maximum Gasteiger partial charge on any atom is 0.265 e. The summed E-state index contributed by atoms with van der Waals surface area (Å²) in [6.45, 7) is 1.65. The summed E-state index contributed by atoms with van der Waals surface area (Å²) in [5.41, 5.74) is 0.501. The van der Waals surface area contributed by atoms with E-state index in [-0.39, 0.29) is 10.8 Å². The first-order chi connectivity index (χ1) is 11.3. The highest BCUT2D eigenvalue weighted by atomic mass is 32.2. The van der Waals surface area contributed by atoms with Crippen molar-refractivity contribution in [1.29, 1.82) is 0 Å². The van der Waals surface area contributed by atoms with Gasteiger partial charge in [0, 0.05) is 19.8 Å². The lowest BCUT2D eigenvalue weighted by Crippen LogP contribution is -2.30. The lowest BCUT2D eigenvalue weighted by atomic mass is 10.3. The number of carbonyl (C=O) groups is 1. The Labute approximate surface area is 142 Å². The van der Waals surface area contributed by atoms with E-state index in [0.717, 1.165) is 4.31 Å². The van der Waals surface area contributed by atoms with E-state index >= 15 is 0 Å². The molecule has 1 unspecified atom stereocenters. The summed E-state index contributed by atoms with van der Waals surface area (Å²) in [5, 5.41) is 2.70. The van der Waals surface area contributed by atoms with Crippen LogP contribution >= 0.6 is 0 Å². The average molecular weight is 348 g/mol. The number of anilines is 1. The summed E-state index contributed by atoms with van der Waals surface area (Å²) in [5.74, 6) is 0.287. The molecular formula is C17H20N2O4S. The van der Waals surface area contributed by atoms with Crippen LogP contribution in [0.5, 0.6) is 5.75 Å². The molecular weight excluding hydrogens is 328 g/mol. The number of benzene rings is 2. The van der Waals surface area contributed by atoms with Gasteiger partial charge in [0.25, 0.3) is 5.91 Å². The number of rotatable bonds is 6. The zero-order valence-corrected chi connectivity index (χ0v) is 14.6. The number of hydrogen-bond acceptors (Lipinski definition) is 4. The monoisotopic (exact) mass is 348 g/mol. The molecule has 0 aliphatic carbocycles. The van der Waals surface area contributed by atoms with Crippen molar-refractivity contribution < 1.29 is 17.9 Å². The molecule has 0 aromatic heterocycles. The molecule has 0 saturated heterocycles. The molecule has 0 heterocycles. The minimum absolute atomic E-state index is 0.166. The van der Waals surface area contributed by atoms with E-state index < -0.39 is 16.1 Å². The minimum atomic E-state index is -3.48. The molecule has 0 aliphatic heterocycles. The Hall–Kier alpha value is -2.38. The van der Waals surface area contributed by atoms with Crippen LogP contribution in [0.4, 0.5) is 5.69 Å². The first-order valence-electron chi connectivity index (χ1n) is 7.36. The van der Waals surface area contributed by atoms with Gasteiger partial charge in [0.15, 0.2) is 6.10 Å². The van der Waals surface area contributed by atoms with Crippen molar-refractivity contribution in [2.75, 3.05) is 19.4 Å². The van der Waals surface area contributed by atoms with Crippen LogP contribution in [0.25, 0.3) is 0 Å². The number of nitrogens with one attached hydrogen (secondary N) is 1. The highest BCUT2D eigenvalue weighted by Gasteiger charge is 2.18. The van der Waals surface area contributed by atoms with Crippen LogP contribution in [0.3, 0.4) is 0 Å². The third-order valence-corrected chi connectivity index (χ3v) is 5.16. The van der Waals surface area contributed by atoms with Gasteiger partial charge in [0.05, 0.1) is 4.90 Å². The molecule has 0 aliphatic rings. The van der Waals surface area contributed by atoms with Crippen molar-refractivity contribution >= 4 is 21.6 Å². The van der Waals surface area contributed by atoms with E-state index in [1.165, 1.54) is 26.2 Å². The Kier molecular flexibility index (Phi) is 5.58. The van der Waals surface area contributed by atoms with Crippen molar-refractivity contribution in [3.63, 3.8) is 0 Å². The fourth-order valence-electron chi connectivity index (χ4n) is 1.92. The lowest BCUT2D eigenvalue weighted by molar-refractivity contribution is -0.122. The summed E-state index contributed by atoms with van der Waals surface area (Å²) < 4.78 is 30.7. The second-order valence-electron chi connectivity index (χ2n) is 5.37. The van der Waals surface area contributed by atoms with E-state index in [1.807, 2.05) is 18.2 Å². The van der Waals surface area contributed by atoms with E-state index in [9.17, 15) is 13.2 Å². The van der Waals surface area contributed by atoms with Crippen LogP contribution in [0, 0.1) is 0 Å². The normalized spacial score (nSPS) is 12.7. The molecule has 6 nitrogen and oxygen atoms in total. The number of hydrogen-bond donors (Lipinski definition) is 1. The fraction of sp³-hybridized carbons (Fsp3) is 0.235. The first-order valence-corrected chi connectivity index (χ1v) is 8.80. The van der Waals surface area contributed by atoms with Crippen LogP contribution in [-0.2, 0) is 14.8 Å². The largest absolute Gasteiger partial charge is 0.481 e. The second kappa shape index (κ2) is 7.46. The SMILES string of the molecule is CC(Oc1ccccc1)C(=O)Nc1ccc(S(=O)(=O)N(C)C)cc1. The number of carbonyl (C=O) groups excluding carboxylic acids is 1. The van der Waals surface area contributed by atoms with Gasteiger partial charge in [0.1, 0.15) is 5.75 Å². The van der Waals surface area contributed by atoms with Crippen molar-refractivity contribution in [3.8, 4) is 5.75 Å². The number of ether oxygens (including phenoxy) is 1. The standard InChI is InChI=1S/C17H20N2O4S/c1-13(23-15-7-5-4-6-8-15)17(20)18-14-9-11-16(12-10-14)24(21,22)19(2)3/h4-13H,1-3H3,(H,18,20). The van der Waals surface area contributed by atoms with Crippen molar-refractivity contribution in [2.45, 2.75) is 17.9 Å². The lowest BCUT2D eigenvalue weighted by Gasteiger charge is -2.15. The molecule has 2 rings (SSSR count). The highest BCUT2D eigenvalue weighted by Crippen LogP contribution is 2.17. The zero-order valence-electron chi connectivity index (χ0n) is 13.8. The van der Waals surface area contributed by atoms with E-state index in [1.54, 1.807) is 31.2 Å². The van der Waals surface area contributed by atoms with Crippen LogP contribution < -0.4 is 10.1 Å².